The highest BCUT2D eigenvalue weighted by molar-refractivity contribution is 6.37. The summed E-state index contributed by atoms with van der Waals surface area (Å²) in [6.45, 7) is 0. The fraction of sp³-hybridized carbons (Fsp3) is 0.190. The zero-order chi connectivity index (χ0) is 17.6. The van der Waals surface area contributed by atoms with Crippen LogP contribution in [0.15, 0.2) is 54.6 Å². The van der Waals surface area contributed by atoms with E-state index in [0.717, 1.165) is 33.4 Å². The average molecular weight is 353 g/mol. The lowest BCUT2D eigenvalue weighted by atomic mass is 9.76. The van der Waals surface area contributed by atoms with Gasteiger partial charge in [0.1, 0.15) is 16.9 Å². The van der Waals surface area contributed by atoms with E-state index in [1.54, 1.807) is 20.3 Å². The molecule has 1 aliphatic rings. The average Bonchev–Trinajstić information content (AvgIpc) is 2.66. The van der Waals surface area contributed by atoms with Gasteiger partial charge in [-0.05, 0) is 29.8 Å². The summed E-state index contributed by atoms with van der Waals surface area (Å²) in [6, 6.07) is 17.3. The Kier molecular flexibility index (Phi) is 3.89. The van der Waals surface area contributed by atoms with E-state index in [0.29, 0.717) is 5.56 Å². The molecule has 4 heteroatoms. The molecule has 0 fully saturated rings. The molecule has 0 amide bonds. The number of benzene rings is 3. The minimum absolute atomic E-state index is 0.0658. The van der Waals surface area contributed by atoms with E-state index in [1.807, 2.05) is 48.5 Å². The minimum Gasteiger partial charge on any atom is -0.496 e. The van der Waals surface area contributed by atoms with Crippen molar-refractivity contribution in [1.29, 1.82) is 0 Å². The Hall–Kier alpha value is -2.52. The van der Waals surface area contributed by atoms with E-state index in [1.165, 1.54) is 0 Å². The zero-order valence-corrected chi connectivity index (χ0v) is 14.7. The van der Waals surface area contributed by atoms with Gasteiger partial charge >= 0.3 is 0 Å². The van der Waals surface area contributed by atoms with E-state index < -0.39 is 5.38 Å². The molecule has 0 N–H and O–H groups in total. The predicted octanol–water partition coefficient (Wildman–Crippen LogP) is 4.79. The molecule has 0 saturated heterocycles. The van der Waals surface area contributed by atoms with Crippen molar-refractivity contribution in [2.75, 3.05) is 14.2 Å². The van der Waals surface area contributed by atoms with E-state index in [9.17, 15) is 4.79 Å². The Morgan fingerprint density at radius 3 is 2.24 bits per heavy atom. The summed E-state index contributed by atoms with van der Waals surface area (Å²) < 4.78 is 11.1. The monoisotopic (exact) mass is 352 g/mol. The van der Waals surface area contributed by atoms with Crippen molar-refractivity contribution in [2.45, 2.75) is 11.3 Å². The Morgan fingerprint density at radius 1 is 0.880 bits per heavy atom. The maximum atomic E-state index is 13.0. The fourth-order valence-corrected chi connectivity index (χ4v) is 4.13. The van der Waals surface area contributed by atoms with Gasteiger partial charge in [0, 0.05) is 27.8 Å². The summed E-state index contributed by atoms with van der Waals surface area (Å²) >= 11 is 6.65. The summed E-state index contributed by atoms with van der Waals surface area (Å²) in [7, 11) is 3.27. The lowest BCUT2D eigenvalue weighted by Crippen LogP contribution is -2.29. The van der Waals surface area contributed by atoms with Gasteiger partial charge in [0.05, 0.1) is 14.2 Å². The van der Waals surface area contributed by atoms with Crippen LogP contribution in [0.25, 0.3) is 10.8 Å². The van der Waals surface area contributed by atoms with Crippen molar-refractivity contribution in [1.82, 2.24) is 0 Å². The second kappa shape index (κ2) is 6.08. The number of hydrogen-bond donors (Lipinski definition) is 0. The third-order valence-corrected chi connectivity index (χ3v) is 5.31. The van der Waals surface area contributed by atoms with E-state index >= 15 is 0 Å². The molecule has 3 nitrogen and oxygen atoms in total. The summed E-state index contributed by atoms with van der Waals surface area (Å²) in [5.41, 5.74) is 2.56. The number of ether oxygens (including phenoxy) is 2. The smallest absolute Gasteiger partial charge is 0.182 e. The topological polar surface area (TPSA) is 35.5 Å². The molecule has 0 spiro atoms. The molecular weight excluding hydrogens is 336 g/mol. The predicted molar refractivity (Wildman–Crippen MR) is 99.3 cm³/mol. The highest BCUT2D eigenvalue weighted by atomic mass is 35.5. The molecule has 3 aromatic carbocycles. The first-order valence-corrected chi connectivity index (χ1v) is 8.51. The molecule has 0 saturated carbocycles. The molecule has 4 rings (SSSR count). The maximum absolute atomic E-state index is 13.0. The SMILES string of the molecule is COc1ccc2c(OC)ccc3c2c1[C@@H](c1ccccc1)[C@@H](Cl)C3=O. The fourth-order valence-electron chi connectivity index (χ4n) is 3.74. The molecule has 0 heterocycles. The standard InChI is InChI=1S/C21H17ClO3/c1-24-15-10-9-14-18-13(15)8-11-16(25-2)19(18)17(20(22)21(14)23)12-6-4-3-5-7-12/h3-11,17,20H,1-2H3/t17-,20-/m1/s1. The van der Waals surface area contributed by atoms with Crippen LogP contribution in [-0.4, -0.2) is 25.4 Å². The number of alkyl halides is 1. The van der Waals surface area contributed by atoms with E-state index in [-0.39, 0.29) is 11.7 Å². The van der Waals surface area contributed by atoms with Gasteiger partial charge in [-0.1, -0.05) is 30.3 Å². The number of carbonyl (C=O) groups excluding carboxylic acids is 1. The van der Waals surface area contributed by atoms with Gasteiger partial charge in [-0.2, -0.15) is 0 Å². The number of rotatable bonds is 3. The normalized spacial score (nSPS) is 19.1. The number of halogens is 1. The van der Waals surface area contributed by atoms with Crippen LogP contribution in [0.2, 0.25) is 0 Å². The Labute approximate surface area is 151 Å². The molecule has 25 heavy (non-hydrogen) atoms. The maximum Gasteiger partial charge on any atom is 0.182 e. The second-order valence-corrected chi connectivity index (χ2v) is 6.54. The van der Waals surface area contributed by atoms with Gasteiger partial charge in [-0.25, -0.2) is 0 Å². The quantitative estimate of drug-likeness (QED) is 0.635. The molecular formula is C21H17ClO3. The van der Waals surface area contributed by atoms with Crippen LogP contribution in [0.3, 0.4) is 0 Å². The lowest BCUT2D eigenvalue weighted by Gasteiger charge is -2.31. The van der Waals surface area contributed by atoms with Crippen LogP contribution in [0.4, 0.5) is 0 Å². The highest BCUT2D eigenvalue weighted by Crippen LogP contribution is 2.48. The van der Waals surface area contributed by atoms with Crippen LogP contribution in [0.5, 0.6) is 11.5 Å². The van der Waals surface area contributed by atoms with Gasteiger partial charge in [0.25, 0.3) is 0 Å². The first-order valence-electron chi connectivity index (χ1n) is 8.08. The Bertz CT molecular complexity index is 966. The van der Waals surface area contributed by atoms with E-state index in [2.05, 4.69) is 0 Å². The van der Waals surface area contributed by atoms with Crippen molar-refractivity contribution in [3.05, 3.63) is 71.3 Å². The number of hydrogen-bond acceptors (Lipinski definition) is 3. The van der Waals surface area contributed by atoms with Crippen molar-refractivity contribution in [3.8, 4) is 11.5 Å². The summed E-state index contributed by atoms with van der Waals surface area (Å²) in [6.07, 6.45) is 0. The number of Topliss-reactive ketones (excluding diaryl/α,β-unsaturated/α-hetero) is 1. The molecule has 0 radical (unpaired) electrons. The summed E-state index contributed by atoms with van der Waals surface area (Å²) in [4.78, 5) is 13.0. The van der Waals surface area contributed by atoms with Crippen molar-refractivity contribution in [2.24, 2.45) is 0 Å². The minimum atomic E-state index is -0.678. The summed E-state index contributed by atoms with van der Waals surface area (Å²) in [5.74, 6) is 1.13. The molecule has 1 aliphatic carbocycles. The third kappa shape index (κ3) is 2.30. The second-order valence-electron chi connectivity index (χ2n) is 6.07. The van der Waals surface area contributed by atoms with Crippen LogP contribution in [0.1, 0.15) is 27.4 Å². The van der Waals surface area contributed by atoms with Crippen LogP contribution in [0, 0.1) is 0 Å². The highest BCUT2D eigenvalue weighted by Gasteiger charge is 2.39. The molecule has 3 aromatic rings. The third-order valence-electron chi connectivity index (χ3n) is 4.86. The molecule has 126 valence electrons. The van der Waals surface area contributed by atoms with Gasteiger partial charge in [-0.15, -0.1) is 11.6 Å². The van der Waals surface area contributed by atoms with Gasteiger partial charge in [0.2, 0.25) is 0 Å². The molecule has 0 bridgehead atoms. The van der Waals surface area contributed by atoms with Crippen LogP contribution < -0.4 is 9.47 Å². The number of carbonyl (C=O) groups is 1. The molecule has 0 unspecified atom stereocenters. The van der Waals surface area contributed by atoms with Crippen LogP contribution in [-0.2, 0) is 0 Å². The first-order chi connectivity index (χ1) is 12.2. The first kappa shape index (κ1) is 16.0. The Balaban J connectivity index is 2.13. The largest absolute Gasteiger partial charge is 0.496 e. The summed E-state index contributed by atoms with van der Waals surface area (Å²) in [5, 5.41) is 1.09. The van der Waals surface area contributed by atoms with Crippen molar-refractivity contribution in [3.63, 3.8) is 0 Å². The Morgan fingerprint density at radius 2 is 1.56 bits per heavy atom. The molecule has 0 aliphatic heterocycles. The molecule has 2 atom stereocenters. The van der Waals surface area contributed by atoms with Crippen molar-refractivity contribution < 1.29 is 14.3 Å². The van der Waals surface area contributed by atoms with Crippen LogP contribution >= 0.6 is 11.6 Å². The zero-order valence-electron chi connectivity index (χ0n) is 14.0. The lowest BCUT2D eigenvalue weighted by molar-refractivity contribution is 0.0980. The van der Waals surface area contributed by atoms with Gasteiger partial charge in [-0.3, -0.25) is 4.79 Å². The van der Waals surface area contributed by atoms with Gasteiger partial charge < -0.3 is 9.47 Å². The van der Waals surface area contributed by atoms with Gasteiger partial charge in [0.15, 0.2) is 5.78 Å². The number of ketones is 1. The molecule has 0 aromatic heterocycles. The van der Waals surface area contributed by atoms with Crippen molar-refractivity contribution >= 4 is 28.2 Å². The van der Waals surface area contributed by atoms with E-state index in [4.69, 9.17) is 21.1 Å². The number of methoxy groups -OCH3 is 2.